The first-order valence-corrected chi connectivity index (χ1v) is 13.7. The van der Waals surface area contributed by atoms with Crippen LogP contribution in [0.5, 0.6) is 0 Å². The van der Waals surface area contributed by atoms with E-state index in [0.29, 0.717) is 38.9 Å². The molecule has 2 rings (SSSR count). The van der Waals surface area contributed by atoms with E-state index in [0.717, 1.165) is 6.42 Å². The molecular weight excluding hydrogens is 478 g/mol. The molecule has 0 bridgehead atoms. The van der Waals surface area contributed by atoms with Crippen molar-refractivity contribution in [3.8, 4) is 0 Å². The summed E-state index contributed by atoms with van der Waals surface area (Å²) in [5.41, 5.74) is 0. The fraction of sp³-hybridized carbons (Fsp3) is 0.808. The Morgan fingerprint density at radius 3 is 2.30 bits per heavy atom. The first-order valence-electron chi connectivity index (χ1n) is 13.7. The number of likely N-dealkylation sites (tertiary alicyclic amines) is 2. The molecule has 37 heavy (non-hydrogen) atoms. The van der Waals surface area contributed by atoms with Crippen molar-refractivity contribution >= 4 is 29.6 Å². The van der Waals surface area contributed by atoms with Crippen LogP contribution in [0.3, 0.4) is 0 Å². The maximum atomic E-state index is 13.4. The summed E-state index contributed by atoms with van der Waals surface area (Å²) in [5, 5.41) is 17.5. The number of hydrogen-bond acceptors (Lipinski definition) is 6. The quantitative estimate of drug-likeness (QED) is 0.264. The highest BCUT2D eigenvalue weighted by Crippen LogP contribution is 2.25. The van der Waals surface area contributed by atoms with Crippen molar-refractivity contribution in [1.29, 1.82) is 0 Å². The maximum Gasteiger partial charge on any atom is 0.303 e. The number of nitrogens with one attached hydrogen (secondary N) is 3. The van der Waals surface area contributed by atoms with Gasteiger partial charge in [-0.05, 0) is 39.5 Å². The average molecular weight is 524 g/mol. The molecule has 6 atom stereocenters. The molecule has 2 aliphatic heterocycles. The summed E-state index contributed by atoms with van der Waals surface area (Å²) in [4.78, 5) is 65.9. The Hall–Kier alpha value is -2.69. The molecule has 2 aliphatic rings. The summed E-state index contributed by atoms with van der Waals surface area (Å²) in [5.74, 6) is -1.99. The summed E-state index contributed by atoms with van der Waals surface area (Å²) in [6.07, 6.45) is 2.76. The van der Waals surface area contributed by atoms with Crippen LogP contribution in [0.1, 0.15) is 79.6 Å². The molecule has 4 amide bonds. The van der Waals surface area contributed by atoms with Crippen LogP contribution in [0.15, 0.2) is 0 Å². The van der Waals surface area contributed by atoms with E-state index >= 15 is 0 Å². The Morgan fingerprint density at radius 2 is 1.70 bits per heavy atom. The molecule has 0 aromatic heterocycles. The van der Waals surface area contributed by atoms with E-state index in [1.165, 1.54) is 0 Å². The van der Waals surface area contributed by atoms with Gasteiger partial charge in [0.2, 0.25) is 23.6 Å². The van der Waals surface area contributed by atoms with Crippen molar-refractivity contribution in [2.45, 2.75) is 110 Å². The third-order valence-corrected chi connectivity index (χ3v) is 7.36. The fourth-order valence-corrected chi connectivity index (χ4v) is 5.52. The molecule has 0 radical (unpaired) electrons. The molecule has 0 aromatic carbocycles. The molecule has 0 aliphatic carbocycles. The monoisotopic (exact) mass is 523 g/mol. The molecule has 2 fully saturated rings. The second kappa shape index (κ2) is 14.3. The standard InChI is InChI=1S/C26H45N5O6/c1-6-10-20(31-14-16(4)23(26(31)37)29-21(32)11-9-12-22(33)34)25(36)28-18-13-17(5)30(15-18)19(7-2)24(35)27-8-3/h16-20,23H,6-15H2,1-5H3,(H,27,35)(H,28,36)(H,29,32)(H,33,34)/t16?,17?,18-,19-,20-,23-/m0/s1. The first kappa shape index (κ1) is 30.5. The van der Waals surface area contributed by atoms with Gasteiger partial charge in [-0.2, -0.15) is 0 Å². The van der Waals surface area contributed by atoms with E-state index in [4.69, 9.17) is 5.11 Å². The van der Waals surface area contributed by atoms with Crippen LogP contribution in [0.25, 0.3) is 0 Å². The maximum absolute atomic E-state index is 13.4. The van der Waals surface area contributed by atoms with Gasteiger partial charge >= 0.3 is 5.97 Å². The minimum atomic E-state index is -0.966. The minimum absolute atomic E-state index is 0.000358. The minimum Gasteiger partial charge on any atom is -0.481 e. The van der Waals surface area contributed by atoms with Crippen LogP contribution in [-0.4, -0.2) is 94.3 Å². The van der Waals surface area contributed by atoms with Crippen molar-refractivity contribution in [3.63, 3.8) is 0 Å². The highest BCUT2D eigenvalue weighted by Gasteiger charge is 2.44. The van der Waals surface area contributed by atoms with Crippen molar-refractivity contribution in [2.75, 3.05) is 19.6 Å². The van der Waals surface area contributed by atoms with Gasteiger partial charge in [0.05, 0.1) is 6.04 Å². The zero-order valence-electron chi connectivity index (χ0n) is 22.9. The number of aliphatic carboxylic acids is 1. The zero-order valence-corrected chi connectivity index (χ0v) is 22.9. The van der Waals surface area contributed by atoms with Crippen molar-refractivity contribution in [2.24, 2.45) is 5.92 Å². The average Bonchev–Trinajstić information content (AvgIpc) is 3.31. The van der Waals surface area contributed by atoms with Crippen LogP contribution in [0.2, 0.25) is 0 Å². The molecule has 4 N–H and O–H groups in total. The lowest BCUT2D eigenvalue weighted by atomic mass is 10.1. The smallest absolute Gasteiger partial charge is 0.303 e. The summed E-state index contributed by atoms with van der Waals surface area (Å²) in [6.45, 7) is 11.3. The molecule has 2 heterocycles. The number of nitrogens with zero attached hydrogens (tertiary/aromatic N) is 2. The van der Waals surface area contributed by atoms with Crippen LogP contribution in [0, 0.1) is 5.92 Å². The van der Waals surface area contributed by atoms with E-state index in [-0.39, 0.29) is 66.9 Å². The summed E-state index contributed by atoms with van der Waals surface area (Å²) < 4.78 is 0. The van der Waals surface area contributed by atoms with Crippen molar-refractivity contribution < 1.29 is 29.1 Å². The van der Waals surface area contributed by atoms with Gasteiger partial charge in [-0.25, -0.2) is 0 Å². The second-order valence-electron chi connectivity index (χ2n) is 10.4. The lowest BCUT2D eigenvalue weighted by molar-refractivity contribution is -0.140. The molecule has 0 saturated carbocycles. The molecular formula is C26H45N5O6. The Kier molecular flexibility index (Phi) is 11.8. The highest BCUT2D eigenvalue weighted by molar-refractivity contribution is 5.94. The molecule has 11 heteroatoms. The van der Waals surface area contributed by atoms with Gasteiger partial charge in [-0.15, -0.1) is 0 Å². The van der Waals surface area contributed by atoms with Gasteiger partial charge < -0.3 is 26.0 Å². The van der Waals surface area contributed by atoms with Crippen molar-refractivity contribution in [1.82, 2.24) is 25.8 Å². The number of carbonyl (C=O) groups is 5. The van der Waals surface area contributed by atoms with Gasteiger partial charge in [-0.3, -0.25) is 28.9 Å². The third kappa shape index (κ3) is 8.15. The van der Waals surface area contributed by atoms with Gasteiger partial charge in [0.25, 0.3) is 0 Å². The lowest BCUT2D eigenvalue weighted by Gasteiger charge is -2.30. The van der Waals surface area contributed by atoms with Gasteiger partial charge in [0, 0.05) is 50.5 Å². The number of likely N-dealkylation sites (N-methyl/N-ethyl adjacent to an activating group) is 1. The van der Waals surface area contributed by atoms with Crippen LogP contribution in [-0.2, 0) is 24.0 Å². The summed E-state index contributed by atoms with van der Waals surface area (Å²) in [6, 6.07) is -1.59. The molecule has 2 saturated heterocycles. The molecule has 210 valence electrons. The van der Waals surface area contributed by atoms with E-state index < -0.39 is 18.1 Å². The van der Waals surface area contributed by atoms with Crippen LogP contribution < -0.4 is 16.0 Å². The summed E-state index contributed by atoms with van der Waals surface area (Å²) in [7, 11) is 0. The number of amides is 4. The van der Waals surface area contributed by atoms with Crippen LogP contribution >= 0.6 is 0 Å². The van der Waals surface area contributed by atoms with E-state index in [2.05, 4.69) is 27.8 Å². The normalized spacial score (nSPS) is 25.5. The predicted molar refractivity (Wildman–Crippen MR) is 138 cm³/mol. The second-order valence-corrected chi connectivity index (χ2v) is 10.4. The van der Waals surface area contributed by atoms with Crippen molar-refractivity contribution in [3.05, 3.63) is 0 Å². The van der Waals surface area contributed by atoms with Gasteiger partial charge in [0.1, 0.15) is 12.1 Å². The number of carboxylic acid groups (broad SMARTS) is 1. The molecule has 0 aromatic rings. The molecule has 2 unspecified atom stereocenters. The van der Waals surface area contributed by atoms with E-state index in [1.807, 2.05) is 27.7 Å². The third-order valence-electron chi connectivity index (χ3n) is 7.36. The zero-order chi connectivity index (χ0) is 27.7. The van der Waals surface area contributed by atoms with Gasteiger partial charge in [0.15, 0.2) is 0 Å². The Morgan fingerprint density at radius 1 is 1.00 bits per heavy atom. The molecule has 0 spiro atoms. The number of carbonyl (C=O) groups excluding carboxylic acids is 4. The van der Waals surface area contributed by atoms with Crippen LogP contribution in [0.4, 0.5) is 0 Å². The first-order chi connectivity index (χ1) is 17.5. The Balaban J connectivity index is 2.02. The largest absolute Gasteiger partial charge is 0.481 e. The lowest BCUT2D eigenvalue weighted by Crippen LogP contribution is -2.53. The Bertz CT molecular complexity index is 836. The number of hydrogen-bond donors (Lipinski definition) is 4. The predicted octanol–water partition coefficient (Wildman–Crippen LogP) is 0.867. The van der Waals surface area contributed by atoms with Gasteiger partial charge in [-0.1, -0.05) is 27.2 Å². The topological polar surface area (TPSA) is 148 Å². The SMILES string of the molecule is CCC[C@@H](C(=O)N[C@H]1CC(C)N([C@@H](CC)C(=O)NCC)C1)N1CC(C)[C@H](NC(=O)CCCC(=O)O)C1=O. The highest BCUT2D eigenvalue weighted by atomic mass is 16.4. The molecule has 11 nitrogen and oxygen atoms in total. The summed E-state index contributed by atoms with van der Waals surface area (Å²) >= 11 is 0. The van der Waals surface area contributed by atoms with E-state index in [9.17, 15) is 24.0 Å². The number of carboxylic acids is 1. The van der Waals surface area contributed by atoms with E-state index in [1.54, 1.807) is 4.90 Å². The fourth-order valence-electron chi connectivity index (χ4n) is 5.52. The number of rotatable bonds is 14. The Labute approximate surface area is 220 Å².